The molecule has 150 valence electrons. The first-order valence-electron chi connectivity index (χ1n) is 10.1. The summed E-state index contributed by atoms with van der Waals surface area (Å²) in [6.07, 6.45) is 5.94. The van der Waals surface area contributed by atoms with E-state index in [2.05, 4.69) is 63.7 Å². The third kappa shape index (κ3) is 5.18. The summed E-state index contributed by atoms with van der Waals surface area (Å²) >= 11 is 12.5. The largest absolute Gasteiger partial charge is 0.310 e. The predicted octanol–water partition coefficient (Wildman–Crippen LogP) is 5.73. The topological polar surface area (TPSA) is 28.2 Å². The van der Waals surface area contributed by atoms with Gasteiger partial charge >= 0.3 is 0 Å². The highest BCUT2D eigenvalue weighted by Gasteiger charge is 2.27. The van der Waals surface area contributed by atoms with Crippen molar-refractivity contribution in [1.29, 1.82) is 0 Å². The number of rotatable bonds is 6. The van der Waals surface area contributed by atoms with Gasteiger partial charge in [0.2, 0.25) is 0 Å². The Morgan fingerprint density at radius 1 is 0.897 bits per heavy atom. The van der Waals surface area contributed by atoms with Gasteiger partial charge in [-0.2, -0.15) is 0 Å². The second-order valence-corrected chi connectivity index (χ2v) is 8.35. The van der Waals surface area contributed by atoms with Crippen LogP contribution >= 0.6 is 23.2 Å². The van der Waals surface area contributed by atoms with Crippen molar-refractivity contribution >= 4 is 23.2 Å². The van der Waals surface area contributed by atoms with E-state index < -0.39 is 0 Å². The van der Waals surface area contributed by atoms with Crippen molar-refractivity contribution in [3.8, 4) is 0 Å². The molecule has 4 rings (SSSR count). The van der Waals surface area contributed by atoms with E-state index in [1.165, 1.54) is 16.7 Å². The lowest BCUT2D eigenvalue weighted by Crippen LogP contribution is -2.43. The summed E-state index contributed by atoms with van der Waals surface area (Å²) in [6.45, 7) is 2.96. The summed E-state index contributed by atoms with van der Waals surface area (Å²) in [5, 5.41) is 4.91. The van der Waals surface area contributed by atoms with Crippen LogP contribution in [0.4, 0.5) is 0 Å². The van der Waals surface area contributed by atoms with E-state index in [0.29, 0.717) is 16.1 Å². The van der Waals surface area contributed by atoms with Gasteiger partial charge in [-0.1, -0.05) is 59.6 Å². The Morgan fingerprint density at radius 2 is 1.62 bits per heavy atom. The van der Waals surface area contributed by atoms with E-state index in [4.69, 9.17) is 23.2 Å². The number of nitrogens with zero attached hydrogens (tertiary/aromatic N) is 2. The molecule has 1 aromatic heterocycles. The summed E-state index contributed by atoms with van der Waals surface area (Å²) in [4.78, 5) is 6.64. The maximum Gasteiger partial charge on any atom is 0.0602 e. The minimum Gasteiger partial charge on any atom is -0.310 e. The lowest BCUT2D eigenvalue weighted by Gasteiger charge is -2.38. The first-order chi connectivity index (χ1) is 14.2. The first kappa shape index (κ1) is 20.4. The fourth-order valence-electron chi connectivity index (χ4n) is 4.06. The van der Waals surface area contributed by atoms with E-state index >= 15 is 0 Å². The Balaban J connectivity index is 1.46. The van der Waals surface area contributed by atoms with E-state index in [-0.39, 0.29) is 6.04 Å². The first-order valence-corrected chi connectivity index (χ1v) is 10.8. The van der Waals surface area contributed by atoms with Crippen LogP contribution in [0, 0.1) is 0 Å². The molecule has 0 bridgehead atoms. The monoisotopic (exact) mass is 425 g/mol. The summed E-state index contributed by atoms with van der Waals surface area (Å²) in [7, 11) is 0. The van der Waals surface area contributed by atoms with Crippen LogP contribution in [-0.4, -0.2) is 29.0 Å². The van der Waals surface area contributed by atoms with Gasteiger partial charge in [-0.25, -0.2) is 0 Å². The van der Waals surface area contributed by atoms with Crippen molar-refractivity contribution in [3.63, 3.8) is 0 Å². The molecule has 1 aliphatic rings. The summed E-state index contributed by atoms with van der Waals surface area (Å²) in [5.41, 5.74) is 3.75. The molecule has 1 aliphatic heterocycles. The number of piperidine rings is 1. The average Bonchev–Trinajstić information content (AvgIpc) is 2.77. The molecular weight excluding hydrogens is 401 g/mol. The van der Waals surface area contributed by atoms with Gasteiger partial charge in [0, 0.05) is 38.1 Å². The number of hydrogen-bond donors (Lipinski definition) is 1. The third-order valence-corrected chi connectivity index (χ3v) is 6.35. The lowest BCUT2D eigenvalue weighted by molar-refractivity contribution is 0.162. The number of hydrogen-bond acceptors (Lipinski definition) is 3. The van der Waals surface area contributed by atoms with Crippen LogP contribution in [0.2, 0.25) is 10.0 Å². The molecule has 1 unspecified atom stereocenters. The minimum absolute atomic E-state index is 0.187. The predicted molar refractivity (Wildman–Crippen MR) is 120 cm³/mol. The van der Waals surface area contributed by atoms with Crippen molar-refractivity contribution in [2.75, 3.05) is 13.1 Å². The highest BCUT2D eigenvalue weighted by atomic mass is 35.5. The molecule has 29 heavy (non-hydrogen) atoms. The molecule has 0 saturated carbocycles. The van der Waals surface area contributed by atoms with Crippen molar-refractivity contribution in [2.24, 2.45) is 0 Å². The molecule has 1 saturated heterocycles. The number of aromatic nitrogens is 1. The van der Waals surface area contributed by atoms with E-state index in [0.717, 1.165) is 32.5 Å². The second kappa shape index (κ2) is 9.73. The molecule has 2 heterocycles. The number of pyridine rings is 1. The lowest BCUT2D eigenvalue weighted by atomic mass is 9.94. The number of benzene rings is 2. The maximum absolute atomic E-state index is 6.34. The van der Waals surface area contributed by atoms with Crippen molar-refractivity contribution in [3.05, 3.63) is 99.8 Å². The van der Waals surface area contributed by atoms with Crippen molar-refractivity contribution in [2.45, 2.75) is 31.5 Å². The molecule has 5 heteroatoms. The molecule has 3 aromatic rings. The zero-order valence-electron chi connectivity index (χ0n) is 16.3. The number of halogens is 2. The zero-order chi connectivity index (χ0) is 20.1. The van der Waals surface area contributed by atoms with E-state index in [1.807, 2.05) is 24.5 Å². The highest BCUT2D eigenvalue weighted by Crippen LogP contribution is 2.34. The van der Waals surface area contributed by atoms with Crippen LogP contribution in [0.25, 0.3) is 0 Å². The fraction of sp³-hybridized carbons (Fsp3) is 0.292. The smallest absolute Gasteiger partial charge is 0.0602 e. The van der Waals surface area contributed by atoms with Crippen LogP contribution in [0.15, 0.2) is 73.1 Å². The van der Waals surface area contributed by atoms with Gasteiger partial charge in [0.15, 0.2) is 0 Å². The molecule has 0 amide bonds. The molecule has 1 atom stereocenters. The normalized spacial score (nSPS) is 16.6. The van der Waals surface area contributed by atoms with E-state index in [9.17, 15) is 0 Å². The van der Waals surface area contributed by atoms with E-state index in [1.54, 1.807) is 0 Å². The van der Waals surface area contributed by atoms with Gasteiger partial charge in [0.05, 0.1) is 16.1 Å². The number of nitrogens with one attached hydrogen (secondary N) is 1. The van der Waals surface area contributed by atoms with Crippen LogP contribution in [-0.2, 0) is 6.54 Å². The van der Waals surface area contributed by atoms with Crippen LogP contribution in [0.5, 0.6) is 0 Å². The van der Waals surface area contributed by atoms with Gasteiger partial charge in [0.25, 0.3) is 0 Å². The summed E-state index contributed by atoms with van der Waals surface area (Å²) in [6, 6.07) is 21.5. The Morgan fingerprint density at radius 3 is 2.31 bits per heavy atom. The molecule has 1 N–H and O–H groups in total. The van der Waals surface area contributed by atoms with Crippen LogP contribution < -0.4 is 5.32 Å². The highest BCUT2D eigenvalue weighted by molar-refractivity contribution is 6.42. The quantitative estimate of drug-likeness (QED) is 0.546. The minimum atomic E-state index is 0.187. The summed E-state index contributed by atoms with van der Waals surface area (Å²) < 4.78 is 0. The zero-order valence-corrected chi connectivity index (χ0v) is 17.8. The Labute approximate surface area is 182 Å². The molecule has 2 aromatic carbocycles. The molecule has 1 fully saturated rings. The SMILES string of the molecule is Clc1ccc(C(c2ccccc2)N2CCC(NCc3ccncc3)CC2)cc1Cl. The molecule has 0 spiro atoms. The Hall–Kier alpha value is -1.91. The molecule has 3 nitrogen and oxygen atoms in total. The maximum atomic E-state index is 6.34. The second-order valence-electron chi connectivity index (χ2n) is 7.53. The standard InChI is InChI=1S/C24H25Cl2N3/c25-22-7-6-20(16-23(22)26)24(19-4-2-1-3-5-19)29-14-10-21(11-15-29)28-17-18-8-12-27-13-9-18/h1-9,12-13,16,21,24,28H,10-11,14-15,17H2. The molecule has 0 radical (unpaired) electrons. The van der Waals surface area contributed by atoms with Crippen molar-refractivity contribution < 1.29 is 0 Å². The third-order valence-electron chi connectivity index (χ3n) is 5.61. The van der Waals surface area contributed by atoms with Crippen molar-refractivity contribution in [1.82, 2.24) is 15.2 Å². The van der Waals surface area contributed by atoms with Gasteiger partial charge in [-0.3, -0.25) is 9.88 Å². The van der Waals surface area contributed by atoms with Gasteiger partial charge in [-0.15, -0.1) is 0 Å². The van der Waals surface area contributed by atoms with Gasteiger partial charge in [0.1, 0.15) is 0 Å². The Bertz CT molecular complexity index is 910. The summed E-state index contributed by atoms with van der Waals surface area (Å²) in [5.74, 6) is 0. The number of likely N-dealkylation sites (tertiary alicyclic amines) is 1. The Kier molecular flexibility index (Phi) is 6.83. The van der Waals surface area contributed by atoms with Gasteiger partial charge < -0.3 is 5.32 Å². The van der Waals surface area contributed by atoms with Gasteiger partial charge in [-0.05, 0) is 53.8 Å². The molecular formula is C24H25Cl2N3. The van der Waals surface area contributed by atoms with Crippen LogP contribution in [0.3, 0.4) is 0 Å². The molecule has 0 aliphatic carbocycles. The fourth-order valence-corrected chi connectivity index (χ4v) is 4.36. The average molecular weight is 426 g/mol. The van der Waals surface area contributed by atoms with Crippen LogP contribution in [0.1, 0.15) is 35.6 Å².